The molecule has 1 aliphatic heterocycles. The molecule has 2 rings (SSSR count). The first-order valence-corrected chi connectivity index (χ1v) is 7.24. The van der Waals surface area contributed by atoms with Gasteiger partial charge < -0.3 is 15.8 Å². The minimum Gasteiger partial charge on any atom is -0.379 e. The van der Waals surface area contributed by atoms with Crippen molar-refractivity contribution in [1.82, 2.24) is 10.2 Å². The molecule has 110 valence electrons. The molecule has 19 heavy (non-hydrogen) atoms. The molecule has 2 fully saturated rings. The molecule has 2 aliphatic rings. The van der Waals surface area contributed by atoms with Crippen LogP contribution in [0.15, 0.2) is 0 Å². The number of hydrogen-bond acceptors (Lipinski definition) is 4. The second-order valence-corrected chi connectivity index (χ2v) is 6.65. The molecule has 1 saturated heterocycles. The third-order valence-electron chi connectivity index (χ3n) is 4.46. The Morgan fingerprint density at radius 1 is 1.32 bits per heavy atom. The van der Waals surface area contributed by atoms with Crippen molar-refractivity contribution in [2.45, 2.75) is 44.7 Å². The average Bonchev–Trinajstić information content (AvgIpc) is 3.21. The Bertz CT molecular complexity index is 332. The topological polar surface area (TPSA) is 67.6 Å². The maximum atomic E-state index is 12.2. The molecule has 1 atom stereocenters. The van der Waals surface area contributed by atoms with Crippen LogP contribution in [-0.4, -0.2) is 54.7 Å². The van der Waals surface area contributed by atoms with Crippen LogP contribution < -0.4 is 11.1 Å². The van der Waals surface area contributed by atoms with Crippen LogP contribution >= 0.6 is 0 Å². The van der Waals surface area contributed by atoms with Crippen molar-refractivity contribution in [2.24, 2.45) is 11.7 Å². The Balaban J connectivity index is 1.84. The zero-order valence-corrected chi connectivity index (χ0v) is 12.4. The molecule has 0 aromatic carbocycles. The van der Waals surface area contributed by atoms with Crippen molar-refractivity contribution in [1.29, 1.82) is 0 Å². The van der Waals surface area contributed by atoms with Crippen LogP contribution in [0.1, 0.15) is 33.6 Å². The minimum atomic E-state index is -0.707. The summed E-state index contributed by atoms with van der Waals surface area (Å²) >= 11 is 0. The summed E-state index contributed by atoms with van der Waals surface area (Å²) in [5, 5.41) is 3.04. The van der Waals surface area contributed by atoms with Gasteiger partial charge in [-0.15, -0.1) is 0 Å². The maximum absolute atomic E-state index is 12.2. The van der Waals surface area contributed by atoms with Gasteiger partial charge in [0.2, 0.25) is 5.91 Å². The lowest BCUT2D eigenvalue weighted by atomic mass is 9.95. The number of nitrogens with one attached hydrogen (secondary N) is 1. The first-order chi connectivity index (χ1) is 8.84. The summed E-state index contributed by atoms with van der Waals surface area (Å²) in [5.41, 5.74) is 5.36. The molecular formula is C14H27N3O2. The first kappa shape index (κ1) is 14.8. The van der Waals surface area contributed by atoms with Gasteiger partial charge in [0.05, 0.1) is 18.8 Å². The molecule has 0 radical (unpaired) electrons. The van der Waals surface area contributed by atoms with Gasteiger partial charge in [0, 0.05) is 25.2 Å². The molecule has 1 heterocycles. The largest absolute Gasteiger partial charge is 0.379 e. The molecule has 0 bridgehead atoms. The fourth-order valence-corrected chi connectivity index (χ4v) is 2.64. The zero-order chi connectivity index (χ0) is 14.1. The van der Waals surface area contributed by atoms with Crippen molar-refractivity contribution < 1.29 is 9.53 Å². The van der Waals surface area contributed by atoms with Crippen molar-refractivity contribution in [2.75, 3.05) is 32.8 Å². The van der Waals surface area contributed by atoms with Gasteiger partial charge in [-0.2, -0.15) is 0 Å². The van der Waals surface area contributed by atoms with Gasteiger partial charge in [0.15, 0.2) is 0 Å². The van der Waals surface area contributed by atoms with Crippen molar-refractivity contribution in [3.05, 3.63) is 0 Å². The summed E-state index contributed by atoms with van der Waals surface area (Å²) in [7, 11) is 0. The summed E-state index contributed by atoms with van der Waals surface area (Å²) < 4.78 is 5.37. The smallest absolute Gasteiger partial charge is 0.240 e. The summed E-state index contributed by atoms with van der Waals surface area (Å²) in [5.74, 6) is 0.343. The highest BCUT2D eigenvalue weighted by Gasteiger charge is 2.44. The monoisotopic (exact) mass is 269 g/mol. The highest BCUT2D eigenvalue weighted by Crippen LogP contribution is 2.38. The van der Waals surface area contributed by atoms with E-state index in [1.54, 1.807) is 0 Å². The highest BCUT2D eigenvalue weighted by atomic mass is 16.5. The van der Waals surface area contributed by atoms with Gasteiger partial charge in [-0.3, -0.25) is 9.69 Å². The molecule has 1 amide bonds. The van der Waals surface area contributed by atoms with Crippen molar-refractivity contribution in [3.63, 3.8) is 0 Å². The van der Waals surface area contributed by atoms with E-state index in [2.05, 4.69) is 24.1 Å². The lowest BCUT2D eigenvalue weighted by Gasteiger charge is -2.41. The van der Waals surface area contributed by atoms with Gasteiger partial charge in [-0.05, 0) is 39.5 Å². The minimum absolute atomic E-state index is 0.0173. The Morgan fingerprint density at radius 2 is 1.89 bits per heavy atom. The third kappa shape index (κ3) is 3.46. The number of nitrogens with zero attached hydrogens (tertiary/aromatic N) is 1. The standard InChI is InChI=1S/C14H27N3O2/c1-13(2,17-6-8-19-9-7-17)10-16-12(18)14(3,15)11-4-5-11/h11H,4-10,15H2,1-3H3,(H,16,18). The van der Waals surface area contributed by atoms with Crippen molar-refractivity contribution in [3.8, 4) is 0 Å². The Labute approximate surface area is 115 Å². The van der Waals surface area contributed by atoms with Gasteiger partial charge >= 0.3 is 0 Å². The number of carbonyl (C=O) groups excluding carboxylic acids is 1. The molecule has 0 aromatic heterocycles. The van der Waals surface area contributed by atoms with Crippen LogP contribution in [0.5, 0.6) is 0 Å². The number of hydrogen-bond donors (Lipinski definition) is 2. The molecule has 1 unspecified atom stereocenters. The molecule has 1 aliphatic carbocycles. The first-order valence-electron chi connectivity index (χ1n) is 7.24. The van der Waals surface area contributed by atoms with E-state index < -0.39 is 5.54 Å². The molecular weight excluding hydrogens is 242 g/mol. The van der Waals surface area contributed by atoms with E-state index >= 15 is 0 Å². The third-order valence-corrected chi connectivity index (χ3v) is 4.46. The predicted octanol–water partition coefficient (Wildman–Crippen LogP) is 0.341. The van der Waals surface area contributed by atoms with Gasteiger partial charge in [0.25, 0.3) is 0 Å². The van der Waals surface area contributed by atoms with Crippen LogP contribution in [-0.2, 0) is 9.53 Å². The lowest BCUT2D eigenvalue weighted by Crippen LogP contribution is -2.59. The number of nitrogens with two attached hydrogens (primary N) is 1. The average molecular weight is 269 g/mol. The zero-order valence-electron chi connectivity index (χ0n) is 12.4. The van der Waals surface area contributed by atoms with Crippen molar-refractivity contribution >= 4 is 5.91 Å². The molecule has 0 aromatic rings. The second kappa shape index (κ2) is 5.38. The van der Waals surface area contributed by atoms with E-state index in [1.807, 2.05) is 6.92 Å². The Hall–Kier alpha value is -0.650. The second-order valence-electron chi connectivity index (χ2n) is 6.65. The quantitative estimate of drug-likeness (QED) is 0.755. The number of morpholine rings is 1. The number of carbonyl (C=O) groups is 1. The van der Waals surface area contributed by atoms with Gasteiger partial charge in [0.1, 0.15) is 0 Å². The van der Waals surface area contributed by atoms with Crippen LogP contribution in [0.25, 0.3) is 0 Å². The summed E-state index contributed by atoms with van der Waals surface area (Å²) in [6, 6.07) is 0. The van der Waals surface area contributed by atoms with Crippen LogP contribution in [0.4, 0.5) is 0 Å². The van der Waals surface area contributed by atoms with E-state index in [0.29, 0.717) is 12.5 Å². The summed E-state index contributed by atoms with van der Waals surface area (Å²) in [4.78, 5) is 14.6. The van der Waals surface area contributed by atoms with Gasteiger partial charge in [-0.25, -0.2) is 0 Å². The maximum Gasteiger partial charge on any atom is 0.240 e. The summed E-state index contributed by atoms with van der Waals surface area (Å²) in [6.07, 6.45) is 2.15. The summed E-state index contributed by atoms with van der Waals surface area (Å²) in [6.45, 7) is 10.2. The molecule has 0 spiro atoms. The van der Waals surface area contributed by atoms with Gasteiger partial charge in [-0.1, -0.05) is 0 Å². The molecule has 3 N–H and O–H groups in total. The fourth-order valence-electron chi connectivity index (χ4n) is 2.64. The fraction of sp³-hybridized carbons (Fsp3) is 0.929. The molecule has 5 nitrogen and oxygen atoms in total. The SMILES string of the molecule is CC(N)(C(=O)NCC(C)(C)N1CCOCC1)C1CC1. The predicted molar refractivity (Wildman–Crippen MR) is 74.8 cm³/mol. The highest BCUT2D eigenvalue weighted by molar-refractivity contribution is 5.86. The Morgan fingerprint density at radius 3 is 2.42 bits per heavy atom. The normalized spacial score (nSPS) is 24.8. The Kier molecular flexibility index (Phi) is 4.18. The van der Waals surface area contributed by atoms with Crippen LogP contribution in [0.3, 0.4) is 0 Å². The van der Waals surface area contributed by atoms with E-state index in [-0.39, 0.29) is 11.4 Å². The van der Waals surface area contributed by atoms with E-state index in [9.17, 15) is 4.79 Å². The lowest BCUT2D eigenvalue weighted by molar-refractivity contribution is -0.127. The number of rotatable bonds is 5. The van der Waals surface area contributed by atoms with Crippen LogP contribution in [0.2, 0.25) is 0 Å². The number of amides is 1. The van der Waals surface area contributed by atoms with Crippen LogP contribution in [0, 0.1) is 5.92 Å². The molecule has 5 heteroatoms. The van der Waals surface area contributed by atoms with E-state index in [0.717, 1.165) is 39.1 Å². The van der Waals surface area contributed by atoms with E-state index in [4.69, 9.17) is 10.5 Å². The molecule has 1 saturated carbocycles. The number of ether oxygens (including phenoxy) is 1. The van der Waals surface area contributed by atoms with E-state index in [1.165, 1.54) is 0 Å².